The molecule has 0 saturated heterocycles. The van der Waals surface area contributed by atoms with E-state index in [1.807, 2.05) is 66.4 Å². The molecule has 164 valence electrons. The van der Waals surface area contributed by atoms with E-state index in [0.29, 0.717) is 48.8 Å². The van der Waals surface area contributed by atoms with Crippen LogP contribution in [0.4, 0.5) is 11.4 Å². The fourth-order valence-electron chi connectivity index (χ4n) is 3.55. The molecule has 0 fully saturated rings. The summed E-state index contributed by atoms with van der Waals surface area (Å²) < 4.78 is 10.5. The number of benzene rings is 2. The average molecular weight is 424 g/mol. The lowest BCUT2D eigenvalue weighted by atomic mass is 10.0. The maximum absolute atomic E-state index is 13.6. The van der Waals surface area contributed by atoms with Crippen LogP contribution >= 0.6 is 0 Å². The minimum atomic E-state index is -0.339. The Bertz CT molecular complexity index is 931. The lowest BCUT2D eigenvalue weighted by Gasteiger charge is -2.25. The van der Waals surface area contributed by atoms with Crippen molar-refractivity contribution in [3.63, 3.8) is 0 Å². The van der Waals surface area contributed by atoms with Crippen LogP contribution < -0.4 is 9.80 Å². The van der Waals surface area contributed by atoms with Gasteiger partial charge in [-0.05, 0) is 29.8 Å². The lowest BCUT2D eigenvalue weighted by molar-refractivity contribution is -0.120. The van der Waals surface area contributed by atoms with Gasteiger partial charge in [0.1, 0.15) is 5.70 Å². The van der Waals surface area contributed by atoms with Crippen LogP contribution in [0, 0.1) is 0 Å². The monoisotopic (exact) mass is 423 g/mol. The van der Waals surface area contributed by atoms with Crippen LogP contribution in [0.1, 0.15) is 5.56 Å². The van der Waals surface area contributed by atoms with Crippen LogP contribution in [-0.4, -0.2) is 71.3 Å². The van der Waals surface area contributed by atoms with Crippen molar-refractivity contribution in [2.24, 2.45) is 0 Å². The highest BCUT2D eigenvalue weighted by Crippen LogP contribution is 2.35. The quantitative estimate of drug-likeness (QED) is 0.548. The van der Waals surface area contributed by atoms with Gasteiger partial charge >= 0.3 is 0 Å². The standard InChI is InChI=1S/C24H29N3O4/c1-25(2)19-10-12-20(13-11-19)27-23(28)21(18-8-6-5-7-9-18)22(24(27)29)26(14-16-30-3)15-17-31-4/h5-13H,14-17H2,1-4H3. The number of hydrogen-bond donors (Lipinski definition) is 0. The molecule has 0 unspecified atom stereocenters. The summed E-state index contributed by atoms with van der Waals surface area (Å²) in [6.07, 6.45) is 0. The highest BCUT2D eigenvalue weighted by atomic mass is 16.5. The fraction of sp³-hybridized carbons (Fsp3) is 0.333. The molecule has 2 aromatic carbocycles. The van der Waals surface area contributed by atoms with Gasteiger partial charge in [0.2, 0.25) is 0 Å². The topological polar surface area (TPSA) is 62.3 Å². The predicted octanol–water partition coefficient (Wildman–Crippen LogP) is 2.63. The van der Waals surface area contributed by atoms with Crippen LogP contribution in [0.25, 0.3) is 5.57 Å². The zero-order valence-electron chi connectivity index (χ0n) is 18.5. The van der Waals surface area contributed by atoms with E-state index in [-0.39, 0.29) is 11.8 Å². The van der Waals surface area contributed by atoms with Crippen molar-refractivity contribution < 1.29 is 19.1 Å². The van der Waals surface area contributed by atoms with Gasteiger partial charge in [-0.1, -0.05) is 30.3 Å². The van der Waals surface area contributed by atoms with Crippen molar-refractivity contribution in [1.29, 1.82) is 0 Å². The summed E-state index contributed by atoms with van der Waals surface area (Å²) in [4.78, 5) is 32.2. The van der Waals surface area contributed by atoms with E-state index in [1.165, 1.54) is 4.90 Å². The molecule has 0 saturated carbocycles. The smallest absolute Gasteiger partial charge is 0.282 e. The number of carbonyl (C=O) groups excluding carboxylic acids is 2. The Morgan fingerprint density at radius 2 is 1.39 bits per heavy atom. The number of carbonyl (C=O) groups is 2. The summed E-state index contributed by atoms with van der Waals surface area (Å²) in [5, 5.41) is 0. The second-order valence-corrected chi connectivity index (χ2v) is 7.42. The average Bonchev–Trinajstić information content (AvgIpc) is 3.04. The number of nitrogens with zero attached hydrogens (tertiary/aromatic N) is 3. The highest BCUT2D eigenvalue weighted by molar-refractivity contribution is 6.45. The van der Waals surface area contributed by atoms with Gasteiger partial charge in [-0.2, -0.15) is 0 Å². The number of methoxy groups -OCH3 is 2. The van der Waals surface area contributed by atoms with E-state index in [9.17, 15) is 9.59 Å². The largest absolute Gasteiger partial charge is 0.383 e. The predicted molar refractivity (Wildman–Crippen MR) is 122 cm³/mol. The molecule has 1 aliphatic rings. The molecule has 2 aromatic rings. The maximum Gasteiger partial charge on any atom is 0.282 e. The van der Waals surface area contributed by atoms with Crippen LogP contribution in [0.3, 0.4) is 0 Å². The minimum absolute atomic E-state index is 0.330. The second kappa shape index (κ2) is 10.2. The van der Waals surface area contributed by atoms with Crippen molar-refractivity contribution in [1.82, 2.24) is 4.90 Å². The lowest BCUT2D eigenvalue weighted by Crippen LogP contribution is -2.37. The Labute approximate surface area is 183 Å². The summed E-state index contributed by atoms with van der Waals surface area (Å²) >= 11 is 0. The first-order valence-corrected chi connectivity index (χ1v) is 10.2. The molecule has 7 nitrogen and oxygen atoms in total. The molecule has 0 radical (unpaired) electrons. The summed E-state index contributed by atoms with van der Waals surface area (Å²) in [5.74, 6) is -0.669. The van der Waals surface area contributed by atoms with E-state index < -0.39 is 0 Å². The second-order valence-electron chi connectivity index (χ2n) is 7.42. The molecule has 0 aromatic heterocycles. The highest BCUT2D eigenvalue weighted by Gasteiger charge is 2.42. The minimum Gasteiger partial charge on any atom is -0.383 e. The molecule has 2 amide bonds. The Hall–Kier alpha value is -3.16. The van der Waals surface area contributed by atoms with Gasteiger partial charge in [0.15, 0.2) is 0 Å². The van der Waals surface area contributed by atoms with Crippen LogP contribution in [0.2, 0.25) is 0 Å². The van der Waals surface area contributed by atoms with E-state index in [2.05, 4.69) is 0 Å². The molecule has 0 spiro atoms. The molecular weight excluding hydrogens is 394 g/mol. The van der Waals surface area contributed by atoms with Gasteiger partial charge < -0.3 is 19.3 Å². The van der Waals surface area contributed by atoms with Gasteiger partial charge in [0.25, 0.3) is 11.8 Å². The third-order valence-electron chi connectivity index (χ3n) is 5.19. The Kier molecular flexibility index (Phi) is 7.44. The molecule has 0 aliphatic carbocycles. The zero-order valence-corrected chi connectivity index (χ0v) is 18.5. The van der Waals surface area contributed by atoms with Gasteiger partial charge in [-0.15, -0.1) is 0 Å². The Morgan fingerprint density at radius 3 is 1.90 bits per heavy atom. The van der Waals surface area contributed by atoms with E-state index in [4.69, 9.17) is 9.47 Å². The first kappa shape index (κ1) is 22.5. The van der Waals surface area contributed by atoms with E-state index >= 15 is 0 Å². The first-order chi connectivity index (χ1) is 15.0. The molecule has 0 bridgehead atoms. The van der Waals surface area contributed by atoms with Crippen LogP contribution in [0.5, 0.6) is 0 Å². The van der Waals surface area contributed by atoms with Crippen molar-refractivity contribution >= 4 is 28.8 Å². The number of ether oxygens (including phenoxy) is 2. The molecule has 0 atom stereocenters. The molecule has 3 rings (SSSR count). The number of rotatable bonds is 10. The summed E-state index contributed by atoms with van der Waals surface area (Å²) in [6, 6.07) is 16.7. The summed E-state index contributed by atoms with van der Waals surface area (Å²) in [6.45, 7) is 1.79. The Balaban J connectivity index is 2.07. The van der Waals surface area contributed by atoms with Crippen molar-refractivity contribution in [2.75, 3.05) is 64.4 Å². The van der Waals surface area contributed by atoms with Crippen molar-refractivity contribution in [3.05, 3.63) is 65.9 Å². The third-order valence-corrected chi connectivity index (χ3v) is 5.19. The van der Waals surface area contributed by atoms with Crippen molar-refractivity contribution in [3.8, 4) is 0 Å². The SMILES string of the molecule is COCCN(CCOC)C1=C(c2ccccc2)C(=O)N(c2ccc(N(C)C)cc2)C1=O. The number of anilines is 2. The molecule has 31 heavy (non-hydrogen) atoms. The normalized spacial score (nSPS) is 13.9. The first-order valence-electron chi connectivity index (χ1n) is 10.2. The third kappa shape index (κ3) is 4.78. The molecular formula is C24H29N3O4. The Morgan fingerprint density at radius 1 is 0.806 bits per heavy atom. The van der Waals surface area contributed by atoms with Crippen LogP contribution in [-0.2, 0) is 19.1 Å². The van der Waals surface area contributed by atoms with Gasteiger partial charge in [-0.25, -0.2) is 4.90 Å². The van der Waals surface area contributed by atoms with Crippen LogP contribution in [0.15, 0.2) is 60.3 Å². The zero-order chi connectivity index (χ0) is 22.4. The van der Waals surface area contributed by atoms with Gasteiger partial charge in [0.05, 0.1) is 24.5 Å². The van der Waals surface area contributed by atoms with Gasteiger partial charge in [-0.3, -0.25) is 9.59 Å². The number of hydrogen-bond acceptors (Lipinski definition) is 6. The number of amides is 2. The maximum atomic E-state index is 13.6. The number of imide groups is 1. The van der Waals surface area contributed by atoms with E-state index in [0.717, 1.165) is 5.69 Å². The summed E-state index contributed by atoms with van der Waals surface area (Å²) in [5.41, 5.74) is 3.02. The van der Waals surface area contributed by atoms with Crippen molar-refractivity contribution in [2.45, 2.75) is 0 Å². The van der Waals surface area contributed by atoms with Gasteiger partial charge in [0, 0.05) is 47.1 Å². The fourth-order valence-corrected chi connectivity index (χ4v) is 3.55. The molecule has 7 heteroatoms. The molecule has 1 aliphatic heterocycles. The molecule has 0 N–H and O–H groups in total. The van der Waals surface area contributed by atoms with E-state index in [1.54, 1.807) is 26.4 Å². The molecule has 1 heterocycles. The summed E-state index contributed by atoms with van der Waals surface area (Å²) in [7, 11) is 7.11.